The zero-order valence-corrected chi connectivity index (χ0v) is 11.6. The zero-order valence-electron chi connectivity index (χ0n) is 11.6. The van der Waals surface area contributed by atoms with Gasteiger partial charge in [0.15, 0.2) is 5.76 Å². The van der Waals surface area contributed by atoms with Crippen molar-refractivity contribution in [3.63, 3.8) is 0 Å². The average molecular weight is 290 g/mol. The van der Waals surface area contributed by atoms with Gasteiger partial charge < -0.3 is 15.1 Å². The zero-order chi connectivity index (χ0) is 15.4. The molecule has 0 fully saturated rings. The number of amides is 2. The molecule has 1 aromatic carbocycles. The van der Waals surface area contributed by atoms with E-state index in [0.717, 1.165) is 0 Å². The molecule has 6 heteroatoms. The van der Waals surface area contributed by atoms with E-state index >= 15 is 0 Å². The molecule has 0 aliphatic rings. The highest BCUT2D eigenvalue weighted by Crippen LogP contribution is 2.15. The Kier molecular flexibility index (Phi) is 4.37. The van der Waals surface area contributed by atoms with Crippen molar-refractivity contribution in [2.75, 3.05) is 5.32 Å². The monoisotopic (exact) mass is 290 g/mol. The number of benzene rings is 1. The van der Waals surface area contributed by atoms with Crippen LogP contribution in [0.2, 0.25) is 0 Å². The van der Waals surface area contributed by atoms with Crippen molar-refractivity contribution in [2.24, 2.45) is 0 Å². The predicted molar refractivity (Wildman–Crippen MR) is 75.4 cm³/mol. The van der Waals surface area contributed by atoms with Gasteiger partial charge in [0.1, 0.15) is 11.9 Å². The van der Waals surface area contributed by atoms with Crippen molar-refractivity contribution >= 4 is 17.5 Å². The Morgan fingerprint density at radius 3 is 2.67 bits per heavy atom. The third-order valence-corrected chi connectivity index (χ3v) is 2.93. The second-order valence-corrected chi connectivity index (χ2v) is 4.62. The maximum atomic E-state index is 13.0. The summed E-state index contributed by atoms with van der Waals surface area (Å²) in [4.78, 5) is 23.8. The molecule has 110 valence electrons. The molecular weight excluding hydrogens is 275 g/mol. The van der Waals surface area contributed by atoms with Crippen molar-refractivity contribution in [1.82, 2.24) is 5.32 Å². The average Bonchev–Trinajstić information content (AvgIpc) is 2.95. The molecule has 0 aliphatic heterocycles. The van der Waals surface area contributed by atoms with Crippen molar-refractivity contribution in [2.45, 2.75) is 19.9 Å². The van der Waals surface area contributed by atoms with Gasteiger partial charge >= 0.3 is 0 Å². The summed E-state index contributed by atoms with van der Waals surface area (Å²) in [5, 5.41) is 5.15. The lowest BCUT2D eigenvalue weighted by Crippen LogP contribution is -2.41. The summed E-state index contributed by atoms with van der Waals surface area (Å²) in [6, 6.07) is 6.39. The van der Waals surface area contributed by atoms with E-state index in [1.165, 1.54) is 30.5 Å². The van der Waals surface area contributed by atoms with Gasteiger partial charge in [0, 0.05) is 5.69 Å². The lowest BCUT2D eigenvalue weighted by Gasteiger charge is -2.14. The summed E-state index contributed by atoms with van der Waals surface area (Å²) < 4.78 is 17.9. The van der Waals surface area contributed by atoms with Gasteiger partial charge in [-0.2, -0.15) is 0 Å². The summed E-state index contributed by atoms with van der Waals surface area (Å²) >= 11 is 0. The highest BCUT2D eigenvalue weighted by molar-refractivity contribution is 6.00. The van der Waals surface area contributed by atoms with Gasteiger partial charge in [0.2, 0.25) is 5.91 Å². The number of hydrogen-bond acceptors (Lipinski definition) is 3. The lowest BCUT2D eigenvalue weighted by molar-refractivity contribution is -0.117. The van der Waals surface area contributed by atoms with E-state index in [-0.39, 0.29) is 11.6 Å². The standard InChI is InChI=1S/C15H15FN2O3/c1-9-8-11(16)5-6-12(9)18-14(19)10(2)17-15(20)13-4-3-7-21-13/h3-8,10H,1-2H3,(H,17,20)(H,18,19). The summed E-state index contributed by atoms with van der Waals surface area (Å²) in [5.74, 6) is -1.11. The molecule has 0 saturated heterocycles. The number of halogens is 1. The molecule has 0 radical (unpaired) electrons. The maximum Gasteiger partial charge on any atom is 0.287 e. The van der Waals surface area contributed by atoms with Crippen LogP contribution in [-0.4, -0.2) is 17.9 Å². The first-order valence-corrected chi connectivity index (χ1v) is 6.39. The molecular formula is C15H15FN2O3. The van der Waals surface area contributed by atoms with Gasteiger partial charge in [-0.15, -0.1) is 0 Å². The predicted octanol–water partition coefficient (Wildman–Crippen LogP) is 2.48. The van der Waals surface area contributed by atoms with Crippen LogP contribution in [0.4, 0.5) is 10.1 Å². The number of hydrogen-bond donors (Lipinski definition) is 2. The Hall–Kier alpha value is -2.63. The van der Waals surface area contributed by atoms with Crippen LogP contribution in [0.5, 0.6) is 0 Å². The molecule has 2 rings (SSSR count). The van der Waals surface area contributed by atoms with Gasteiger partial charge in [-0.1, -0.05) is 0 Å². The Balaban J connectivity index is 1.98. The number of nitrogens with one attached hydrogen (secondary N) is 2. The van der Waals surface area contributed by atoms with Crippen molar-refractivity contribution < 1.29 is 18.4 Å². The molecule has 0 bridgehead atoms. The van der Waals surface area contributed by atoms with Gasteiger partial charge in [-0.05, 0) is 49.7 Å². The number of furan rings is 1. The molecule has 5 nitrogen and oxygen atoms in total. The molecule has 0 saturated carbocycles. The summed E-state index contributed by atoms with van der Waals surface area (Å²) in [7, 11) is 0. The van der Waals surface area contributed by atoms with Gasteiger partial charge in [-0.3, -0.25) is 9.59 Å². The van der Waals surface area contributed by atoms with Crippen molar-refractivity contribution in [3.8, 4) is 0 Å². The smallest absolute Gasteiger partial charge is 0.287 e. The Bertz CT molecular complexity index is 653. The molecule has 1 heterocycles. The number of aryl methyl sites for hydroxylation is 1. The largest absolute Gasteiger partial charge is 0.459 e. The van der Waals surface area contributed by atoms with Crippen LogP contribution in [0.25, 0.3) is 0 Å². The van der Waals surface area contributed by atoms with Crippen LogP contribution in [-0.2, 0) is 4.79 Å². The minimum Gasteiger partial charge on any atom is -0.459 e. The quantitative estimate of drug-likeness (QED) is 0.908. The third kappa shape index (κ3) is 3.68. The first kappa shape index (κ1) is 14.8. The van der Waals surface area contributed by atoms with Crippen LogP contribution >= 0.6 is 0 Å². The van der Waals surface area contributed by atoms with E-state index in [1.807, 2.05) is 0 Å². The van der Waals surface area contributed by atoms with Crippen LogP contribution in [0, 0.1) is 12.7 Å². The molecule has 2 aromatic rings. The topological polar surface area (TPSA) is 71.3 Å². The molecule has 1 atom stereocenters. The number of anilines is 1. The molecule has 21 heavy (non-hydrogen) atoms. The SMILES string of the molecule is Cc1cc(F)ccc1NC(=O)C(C)NC(=O)c1ccco1. The van der Waals surface area contributed by atoms with E-state index in [0.29, 0.717) is 11.3 Å². The highest BCUT2D eigenvalue weighted by atomic mass is 19.1. The van der Waals surface area contributed by atoms with Crippen molar-refractivity contribution in [1.29, 1.82) is 0 Å². The van der Waals surface area contributed by atoms with Crippen LogP contribution in [0.3, 0.4) is 0 Å². The molecule has 0 spiro atoms. The summed E-state index contributed by atoms with van der Waals surface area (Å²) in [6.45, 7) is 3.24. The van der Waals surface area contributed by atoms with Crippen LogP contribution < -0.4 is 10.6 Å². The normalized spacial score (nSPS) is 11.8. The summed E-state index contributed by atoms with van der Waals surface area (Å²) in [5.41, 5.74) is 1.11. The van der Waals surface area contributed by atoms with E-state index < -0.39 is 17.9 Å². The van der Waals surface area contributed by atoms with E-state index in [2.05, 4.69) is 10.6 Å². The van der Waals surface area contributed by atoms with Gasteiger partial charge in [-0.25, -0.2) is 4.39 Å². The summed E-state index contributed by atoms with van der Waals surface area (Å²) in [6.07, 6.45) is 1.38. The Labute approximate surface area is 121 Å². The first-order chi connectivity index (χ1) is 9.97. The second kappa shape index (κ2) is 6.21. The fraction of sp³-hybridized carbons (Fsp3) is 0.200. The van der Waals surface area contributed by atoms with Gasteiger partial charge in [0.25, 0.3) is 5.91 Å². The molecule has 1 unspecified atom stereocenters. The number of carbonyl (C=O) groups is 2. The molecule has 2 N–H and O–H groups in total. The molecule has 2 amide bonds. The fourth-order valence-electron chi connectivity index (χ4n) is 1.75. The van der Waals surface area contributed by atoms with Crippen molar-refractivity contribution in [3.05, 3.63) is 53.7 Å². The minimum absolute atomic E-state index is 0.132. The van der Waals surface area contributed by atoms with E-state index in [1.54, 1.807) is 19.9 Å². The van der Waals surface area contributed by atoms with E-state index in [9.17, 15) is 14.0 Å². The Morgan fingerprint density at radius 1 is 1.29 bits per heavy atom. The van der Waals surface area contributed by atoms with Crippen LogP contribution in [0.1, 0.15) is 23.0 Å². The maximum absolute atomic E-state index is 13.0. The van der Waals surface area contributed by atoms with Crippen LogP contribution in [0.15, 0.2) is 41.0 Å². The first-order valence-electron chi connectivity index (χ1n) is 6.39. The van der Waals surface area contributed by atoms with E-state index in [4.69, 9.17) is 4.42 Å². The highest BCUT2D eigenvalue weighted by Gasteiger charge is 2.18. The fourth-order valence-corrected chi connectivity index (χ4v) is 1.75. The molecule has 0 aliphatic carbocycles. The molecule has 1 aromatic heterocycles. The lowest BCUT2D eigenvalue weighted by atomic mass is 10.2. The third-order valence-electron chi connectivity index (χ3n) is 2.93. The van der Waals surface area contributed by atoms with Gasteiger partial charge in [0.05, 0.1) is 6.26 Å². The number of rotatable bonds is 4. The number of carbonyl (C=O) groups excluding carboxylic acids is 2. The minimum atomic E-state index is -0.757. The Morgan fingerprint density at radius 2 is 2.05 bits per heavy atom. The second-order valence-electron chi connectivity index (χ2n) is 4.62.